The van der Waals surface area contributed by atoms with Crippen molar-refractivity contribution in [3.8, 4) is 0 Å². The van der Waals surface area contributed by atoms with Crippen molar-refractivity contribution in [3.05, 3.63) is 0 Å². The van der Waals surface area contributed by atoms with E-state index in [4.69, 9.17) is 9.47 Å². The molecule has 0 aromatic rings. The van der Waals surface area contributed by atoms with Gasteiger partial charge < -0.3 is 9.47 Å². The molecule has 1 saturated heterocycles. The van der Waals surface area contributed by atoms with Crippen molar-refractivity contribution >= 4 is 0 Å². The fourth-order valence-electron chi connectivity index (χ4n) is 3.96. The van der Waals surface area contributed by atoms with Crippen molar-refractivity contribution in [2.45, 2.75) is 75.4 Å². The minimum atomic E-state index is 0.117. The van der Waals surface area contributed by atoms with E-state index in [9.17, 15) is 0 Å². The van der Waals surface area contributed by atoms with Crippen molar-refractivity contribution in [2.75, 3.05) is 6.79 Å². The zero-order chi connectivity index (χ0) is 10.2. The quantitative estimate of drug-likeness (QED) is 0.610. The first-order valence-corrected chi connectivity index (χ1v) is 6.65. The van der Waals surface area contributed by atoms with Crippen LogP contribution in [0.3, 0.4) is 0 Å². The van der Waals surface area contributed by atoms with E-state index in [1.807, 2.05) is 0 Å². The van der Waals surface area contributed by atoms with Crippen molar-refractivity contribution in [2.24, 2.45) is 0 Å². The molecule has 0 amide bonds. The van der Waals surface area contributed by atoms with Gasteiger partial charge in [-0.15, -0.1) is 0 Å². The summed E-state index contributed by atoms with van der Waals surface area (Å²) in [6.07, 6.45) is 13.1. The van der Waals surface area contributed by atoms with Crippen LogP contribution in [0.2, 0.25) is 0 Å². The van der Waals surface area contributed by atoms with Gasteiger partial charge >= 0.3 is 0 Å². The molecule has 3 aliphatic rings. The predicted octanol–water partition coefficient (Wildman–Crippen LogP) is 3.40. The van der Waals surface area contributed by atoms with Crippen molar-refractivity contribution in [3.63, 3.8) is 0 Å². The molecule has 2 saturated carbocycles. The second-order valence-corrected chi connectivity index (χ2v) is 5.52. The highest BCUT2D eigenvalue weighted by molar-refractivity contribution is 5.07. The Kier molecular flexibility index (Phi) is 2.52. The van der Waals surface area contributed by atoms with E-state index in [0.717, 1.165) is 0 Å². The van der Waals surface area contributed by atoms with Crippen LogP contribution in [0.15, 0.2) is 0 Å². The number of hydrogen-bond donors (Lipinski definition) is 0. The summed E-state index contributed by atoms with van der Waals surface area (Å²) in [7, 11) is 0. The van der Waals surface area contributed by atoms with E-state index in [1.54, 1.807) is 0 Å². The van der Waals surface area contributed by atoms with Crippen molar-refractivity contribution in [1.82, 2.24) is 0 Å². The van der Waals surface area contributed by atoms with Gasteiger partial charge in [-0.3, -0.25) is 0 Å². The highest BCUT2D eigenvalue weighted by Gasteiger charge is 2.57. The fraction of sp³-hybridized carbons (Fsp3) is 1.00. The molecule has 3 rings (SSSR count). The molecule has 3 fully saturated rings. The fourth-order valence-corrected chi connectivity index (χ4v) is 3.96. The maximum Gasteiger partial charge on any atom is 0.148 e. The molecule has 0 unspecified atom stereocenters. The highest BCUT2D eigenvalue weighted by atomic mass is 16.7. The molecular weight excluding hydrogens is 188 g/mol. The second kappa shape index (κ2) is 3.74. The van der Waals surface area contributed by atoms with Crippen LogP contribution in [0.4, 0.5) is 0 Å². The third kappa shape index (κ3) is 1.45. The van der Waals surface area contributed by atoms with E-state index in [1.165, 1.54) is 64.2 Å². The topological polar surface area (TPSA) is 18.5 Å². The van der Waals surface area contributed by atoms with E-state index in [0.29, 0.717) is 6.79 Å². The Morgan fingerprint density at radius 3 is 1.33 bits per heavy atom. The molecule has 1 heterocycles. The Balaban J connectivity index is 1.85. The third-order valence-corrected chi connectivity index (χ3v) is 4.82. The normalized spacial score (nSPS) is 33.6. The molecule has 0 radical (unpaired) electrons. The van der Waals surface area contributed by atoms with Crippen LogP contribution in [0.5, 0.6) is 0 Å². The summed E-state index contributed by atoms with van der Waals surface area (Å²) >= 11 is 0. The summed E-state index contributed by atoms with van der Waals surface area (Å²) in [5, 5.41) is 0. The van der Waals surface area contributed by atoms with Gasteiger partial charge in [0.25, 0.3) is 0 Å². The Labute approximate surface area is 92.3 Å². The number of rotatable bonds is 0. The second-order valence-electron chi connectivity index (χ2n) is 5.52. The van der Waals surface area contributed by atoms with Crippen LogP contribution in [-0.2, 0) is 9.47 Å². The SMILES string of the molecule is C1CCC2(CC1)OCOC21CCCCC1. The molecule has 2 heteroatoms. The van der Waals surface area contributed by atoms with E-state index >= 15 is 0 Å². The van der Waals surface area contributed by atoms with E-state index < -0.39 is 0 Å². The molecule has 0 atom stereocenters. The molecule has 0 N–H and O–H groups in total. The molecule has 15 heavy (non-hydrogen) atoms. The molecule has 0 aromatic heterocycles. The molecule has 2 nitrogen and oxygen atoms in total. The lowest BCUT2D eigenvalue weighted by Gasteiger charge is -2.47. The smallest absolute Gasteiger partial charge is 0.148 e. The Morgan fingerprint density at radius 1 is 0.533 bits per heavy atom. The monoisotopic (exact) mass is 210 g/mol. The summed E-state index contributed by atoms with van der Waals surface area (Å²) in [5.41, 5.74) is 0.233. The number of hydrogen-bond acceptors (Lipinski definition) is 2. The first-order valence-electron chi connectivity index (χ1n) is 6.65. The lowest BCUT2D eigenvalue weighted by molar-refractivity contribution is -0.0923. The van der Waals surface area contributed by atoms with Crippen LogP contribution >= 0.6 is 0 Å². The molecule has 0 bridgehead atoms. The van der Waals surface area contributed by atoms with Gasteiger partial charge in [0.2, 0.25) is 0 Å². The largest absolute Gasteiger partial charge is 0.346 e. The molecule has 0 aromatic carbocycles. The van der Waals surface area contributed by atoms with Gasteiger partial charge in [0.05, 0.1) is 0 Å². The van der Waals surface area contributed by atoms with Gasteiger partial charge in [0, 0.05) is 0 Å². The minimum absolute atomic E-state index is 0.117. The molecule has 2 spiro atoms. The molecular formula is C13H22O2. The summed E-state index contributed by atoms with van der Waals surface area (Å²) in [6.45, 7) is 0.556. The maximum atomic E-state index is 6.05. The predicted molar refractivity (Wildman–Crippen MR) is 58.7 cm³/mol. The van der Waals surface area contributed by atoms with Crippen LogP contribution in [0, 0.1) is 0 Å². The van der Waals surface area contributed by atoms with E-state index in [2.05, 4.69) is 0 Å². The van der Waals surface area contributed by atoms with Crippen LogP contribution in [0.25, 0.3) is 0 Å². The average molecular weight is 210 g/mol. The average Bonchev–Trinajstić information content (AvgIpc) is 2.60. The highest BCUT2D eigenvalue weighted by Crippen LogP contribution is 2.52. The summed E-state index contributed by atoms with van der Waals surface area (Å²) in [6, 6.07) is 0. The maximum absolute atomic E-state index is 6.05. The molecule has 86 valence electrons. The van der Waals surface area contributed by atoms with Gasteiger partial charge in [-0.2, -0.15) is 0 Å². The standard InChI is InChI=1S/C13H22O2/c1-3-7-12(8-4-1)13(15-11-14-12)9-5-2-6-10-13/h1-11H2. The van der Waals surface area contributed by atoms with Gasteiger partial charge in [0.15, 0.2) is 0 Å². The van der Waals surface area contributed by atoms with Gasteiger partial charge in [-0.1, -0.05) is 38.5 Å². The zero-order valence-corrected chi connectivity index (χ0v) is 9.59. The first kappa shape index (κ1) is 10.1. The van der Waals surface area contributed by atoms with Crippen molar-refractivity contribution in [1.29, 1.82) is 0 Å². The lowest BCUT2D eigenvalue weighted by atomic mass is 9.66. The molecule has 2 aliphatic carbocycles. The first-order chi connectivity index (χ1) is 7.37. The zero-order valence-electron chi connectivity index (χ0n) is 9.59. The molecule has 1 aliphatic heterocycles. The number of fused-ring (bicyclic) bond motifs is 1. The Hall–Kier alpha value is -0.0800. The summed E-state index contributed by atoms with van der Waals surface area (Å²) in [4.78, 5) is 0. The van der Waals surface area contributed by atoms with E-state index in [-0.39, 0.29) is 11.2 Å². The summed E-state index contributed by atoms with van der Waals surface area (Å²) in [5.74, 6) is 0. The minimum Gasteiger partial charge on any atom is -0.346 e. The number of ether oxygens (including phenoxy) is 2. The third-order valence-electron chi connectivity index (χ3n) is 4.82. The van der Waals surface area contributed by atoms with Crippen molar-refractivity contribution < 1.29 is 9.47 Å². The van der Waals surface area contributed by atoms with Gasteiger partial charge in [-0.05, 0) is 25.7 Å². The lowest BCUT2D eigenvalue weighted by Crippen LogP contribution is -2.53. The van der Waals surface area contributed by atoms with Crippen LogP contribution < -0.4 is 0 Å². The van der Waals surface area contributed by atoms with Gasteiger partial charge in [-0.25, -0.2) is 0 Å². The Bertz CT molecular complexity index is 201. The summed E-state index contributed by atoms with van der Waals surface area (Å²) < 4.78 is 12.1. The van der Waals surface area contributed by atoms with Gasteiger partial charge in [0.1, 0.15) is 18.0 Å². The van der Waals surface area contributed by atoms with Crippen LogP contribution in [0.1, 0.15) is 64.2 Å². The Morgan fingerprint density at radius 2 is 0.933 bits per heavy atom. The van der Waals surface area contributed by atoms with Crippen LogP contribution in [-0.4, -0.2) is 18.0 Å².